The first kappa shape index (κ1) is 25.1. The van der Waals surface area contributed by atoms with Gasteiger partial charge in [0.2, 0.25) is 0 Å². The van der Waals surface area contributed by atoms with Gasteiger partial charge in [0.15, 0.2) is 0 Å². The maximum Gasteiger partial charge on any atom is 0.328 e. The van der Waals surface area contributed by atoms with Crippen molar-refractivity contribution in [2.24, 2.45) is 0 Å². The lowest BCUT2D eigenvalue weighted by molar-refractivity contribution is 0.360. The Morgan fingerprint density at radius 3 is 1.54 bits per heavy atom. The molecule has 0 aliphatic heterocycles. The zero-order valence-corrected chi connectivity index (χ0v) is 18.5. The van der Waals surface area contributed by atoms with E-state index in [1.54, 1.807) is 6.92 Å². The second-order valence-electron chi connectivity index (χ2n) is 7.72. The highest BCUT2D eigenvalue weighted by molar-refractivity contribution is 7.52. The minimum Gasteiger partial charge on any atom is -0.324 e. The van der Waals surface area contributed by atoms with Crippen LogP contribution < -0.4 is 0 Å². The molecule has 4 heteroatoms. The van der Waals surface area contributed by atoms with Gasteiger partial charge in [0.25, 0.3) is 0 Å². The predicted octanol–water partition coefficient (Wildman–Crippen LogP) is 7.09. The lowest BCUT2D eigenvalue weighted by Gasteiger charge is -2.11. The fraction of sp³-hybridized carbons (Fsp3) is 0.636. The van der Waals surface area contributed by atoms with Crippen LogP contribution in [0.1, 0.15) is 86.5 Å². The van der Waals surface area contributed by atoms with Crippen molar-refractivity contribution in [3.63, 3.8) is 0 Å². The van der Waals surface area contributed by atoms with E-state index in [1.165, 1.54) is 22.3 Å². The molecular weight excluding hydrogens is 343 g/mol. The van der Waals surface area contributed by atoms with E-state index in [2.05, 4.69) is 45.9 Å². The minimum absolute atomic E-state index is 0.440. The third-order valence-corrected chi connectivity index (χ3v) is 5.90. The summed E-state index contributed by atoms with van der Waals surface area (Å²) in [6.07, 6.45) is 15.7. The van der Waals surface area contributed by atoms with E-state index in [0.29, 0.717) is 6.42 Å². The smallest absolute Gasteiger partial charge is 0.324 e. The Labute approximate surface area is 161 Å². The van der Waals surface area contributed by atoms with Crippen molar-refractivity contribution < 1.29 is 14.4 Å². The highest BCUT2D eigenvalue weighted by Gasteiger charge is 2.22. The lowest BCUT2D eigenvalue weighted by atomic mass is 10.0. The Morgan fingerprint density at radius 2 is 1.15 bits per heavy atom. The van der Waals surface area contributed by atoms with Gasteiger partial charge in [-0.05, 0) is 79.6 Å². The zero-order chi connectivity index (χ0) is 20.2. The van der Waals surface area contributed by atoms with E-state index in [1.807, 2.05) is 13.0 Å². The van der Waals surface area contributed by atoms with Gasteiger partial charge in [0.05, 0.1) is 5.66 Å². The Morgan fingerprint density at radius 1 is 0.769 bits per heavy atom. The average molecular weight is 383 g/mol. The average Bonchev–Trinajstić information content (AvgIpc) is 2.51. The van der Waals surface area contributed by atoms with Crippen LogP contribution in [0.2, 0.25) is 0 Å². The molecule has 0 spiro atoms. The molecule has 0 saturated carbocycles. The molecule has 1 atom stereocenters. The molecule has 1 unspecified atom stereocenters. The number of allylic oxidation sites excluding steroid dienone is 8. The van der Waals surface area contributed by atoms with Crippen LogP contribution in [-0.2, 0) is 4.57 Å². The monoisotopic (exact) mass is 382 g/mol. The van der Waals surface area contributed by atoms with Gasteiger partial charge in [-0.1, -0.05) is 53.5 Å². The molecule has 0 rings (SSSR count). The van der Waals surface area contributed by atoms with Crippen LogP contribution in [0.25, 0.3) is 0 Å². The molecule has 0 aliphatic carbocycles. The summed E-state index contributed by atoms with van der Waals surface area (Å²) in [5.74, 6) is 0. The highest BCUT2D eigenvalue weighted by Crippen LogP contribution is 2.42. The topological polar surface area (TPSA) is 57.5 Å². The van der Waals surface area contributed by atoms with Crippen molar-refractivity contribution in [2.45, 2.75) is 92.1 Å². The summed E-state index contributed by atoms with van der Waals surface area (Å²) in [5.41, 5.74) is 4.87. The molecule has 0 fully saturated rings. The molecule has 2 N–H and O–H groups in total. The largest absolute Gasteiger partial charge is 0.328 e. The van der Waals surface area contributed by atoms with Gasteiger partial charge in [0, 0.05) is 0 Å². The van der Waals surface area contributed by atoms with E-state index in [9.17, 15) is 4.57 Å². The van der Waals surface area contributed by atoms with Crippen LogP contribution in [0.15, 0.2) is 46.6 Å². The third kappa shape index (κ3) is 14.3. The Hall–Kier alpha value is -0.890. The molecular formula is C22H39O3P. The van der Waals surface area contributed by atoms with Crippen molar-refractivity contribution in [2.75, 3.05) is 0 Å². The SMILES string of the molecule is CC(C)=CCC/C(C)=C/CC/C(C)=C/CC/C(C)=C/CC(C)P(=O)(O)O. The van der Waals surface area contributed by atoms with Gasteiger partial charge < -0.3 is 9.79 Å². The molecule has 0 aromatic heterocycles. The minimum atomic E-state index is -3.95. The van der Waals surface area contributed by atoms with Crippen molar-refractivity contribution in [3.05, 3.63) is 46.6 Å². The third-order valence-electron chi connectivity index (χ3n) is 4.54. The van der Waals surface area contributed by atoms with Crippen LogP contribution in [0, 0.1) is 0 Å². The summed E-state index contributed by atoms with van der Waals surface area (Å²) in [5, 5.41) is 0. The van der Waals surface area contributed by atoms with Crippen LogP contribution in [0.5, 0.6) is 0 Å². The first-order valence-electron chi connectivity index (χ1n) is 9.67. The van der Waals surface area contributed by atoms with E-state index in [0.717, 1.165) is 38.5 Å². The maximum absolute atomic E-state index is 11.1. The van der Waals surface area contributed by atoms with Gasteiger partial charge in [-0.3, -0.25) is 4.57 Å². The normalized spacial score (nSPS) is 15.2. The first-order chi connectivity index (χ1) is 12.0. The van der Waals surface area contributed by atoms with E-state index in [-0.39, 0.29) is 0 Å². The fourth-order valence-electron chi connectivity index (χ4n) is 2.50. The molecule has 0 radical (unpaired) electrons. The Bertz CT molecular complexity index is 572. The molecule has 0 aromatic carbocycles. The number of rotatable bonds is 12. The summed E-state index contributed by atoms with van der Waals surface area (Å²) in [6, 6.07) is 0. The van der Waals surface area contributed by atoms with Crippen LogP contribution in [0.4, 0.5) is 0 Å². The van der Waals surface area contributed by atoms with Crippen molar-refractivity contribution in [1.29, 1.82) is 0 Å². The number of hydrogen-bond donors (Lipinski definition) is 2. The summed E-state index contributed by atoms with van der Waals surface area (Å²) in [4.78, 5) is 18.2. The van der Waals surface area contributed by atoms with Crippen LogP contribution in [0.3, 0.4) is 0 Å². The summed E-state index contributed by atoms with van der Waals surface area (Å²) in [6.45, 7) is 12.3. The van der Waals surface area contributed by atoms with Crippen molar-refractivity contribution in [3.8, 4) is 0 Å². The first-order valence-corrected chi connectivity index (χ1v) is 11.4. The van der Waals surface area contributed by atoms with E-state index < -0.39 is 13.3 Å². The molecule has 150 valence electrons. The fourth-order valence-corrected chi connectivity index (χ4v) is 2.88. The second-order valence-corrected chi connectivity index (χ2v) is 9.78. The van der Waals surface area contributed by atoms with Crippen LogP contribution in [-0.4, -0.2) is 15.4 Å². The predicted molar refractivity (Wildman–Crippen MR) is 115 cm³/mol. The summed E-state index contributed by atoms with van der Waals surface area (Å²) < 4.78 is 11.1. The molecule has 0 aliphatic rings. The molecule has 3 nitrogen and oxygen atoms in total. The van der Waals surface area contributed by atoms with Crippen LogP contribution >= 0.6 is 7.60 Å². The lowest BCUT2D eigenvalue weighted by Crippen LogP contribution is -2.01. The quantitative estimate of drug-likeness (QED) is 0.280. The maximum atomic E-state index is 11.1. The second kappa shape index (κ2) is 13.3. The van der Waals surface area contributed by atoms with Gasteiger partial charge in [-0.2, -0.15) is 0 Å². The van der Waals surface area contributed by atoms with Crippen molar-refractivity contribution >= 4 is 7.60 Å². The highest BCUT2D eigenvalue weighted by atomic mass is 31.2. The molecule has 0 amide bonds. The molecule has 0 heterocycles. The molecule has 26 heavy (non-hydrogen) atoms. The molecule has 0 bridgehead atoms. The van der Waals surface area contributed by atoms with Gasteiger partial charge in [-0.25, -0.2) is 0 Å². The van der Waals surface area contributed by atoms with E-state index in [4.69, 9.17) is 9.79 Å². The number of hydrogen-bond acceptors (Lipinski definition) is 1. The molecule has 0 aromatic rings. The van der Waals surface area contributed by atoms with Gasteiger partial charge in [0.1, 0.15) is 0 Å². The van der Waals surface area contributed by atoms with Gasteiger partial charge in [-0.15, -0.1) is 0 Å². The summed E-state index contributed by atoms with van der Waals surface area (Å²) >= 11 is 0. The summed E-state index contributed by atoms with van der Waals surface area (Å²) in [7, 11) is -3.95. The van der Waals surface area contributed by atoms with E-state index >= 15 is 0 Å². The molecule has 0 saturated heterocycles. The Balaban J connectivity index is 4.14. The van der Waals surface area contributed by atoms with Crippen molar-refractivity contribution in [1.82, 2.24) is 0 Å². The zero-order valence-electron chi connectivity index (χ0n) is 17.6. The Kier molecular flexibility index (Phi) is 12.8. The van der Waals surface area contributed by atoms with Gasteiger partial charge >= 0.3 is 7.60 Å². The standard InChI is InChI=1S/C22H39O3P/c1-18(2)10-7-11-19(3)12-8-13-20(4)14-9-15-21(5)16-17-22(6)26(23,24)25/h10,12,14,16,22H,7-9,11,13,15,17H2,1-6H3,(H2,23,24,25)/b19-12+,20-14+,21-16+.